The Hall–Kier alpha value is -2.76. The molecule has 0 spiro atoms. The van der Waals surface area contributed by atoms with Gasteiger partial charge in [-0.2, -0.15) is 5.10 Å². The molecule has 0 saturated carbocycles. The third-order valence-corrected chi connectivity index (χ3v) is 3.02. The van der Waals surface area contributed by atoms with Gasteiger partial charge in [0, 0.05) is 5.56 Å². The maximum Gasteiger partial charge on any atom is 0.168 e. The minimum Gasteiger partial charge on any atom is -0.396 e. The van der Waals surface area contributed by atoms with Crippen molar-refractivity contribution in [2.24, 2.45) is 0 Å². The van der Waals surface area contributed by atoms with E-state index in [9.17, 15) is 13.2 Å². The van der Waals surface area contributed by atoms with Crippen molar-refractivity contribution < 1.29 is 13.2 Å². The van der Waals surface area contributed by atoms with Crippen molar-refractivity contribution in [1.29, 1.82) is 0 Å². The third-order valence-electron chi connectivity index (χ3n) is 3.02. The van der Waals surface area contributed by atoms with Crippen molar-refractivity contribution in [3.63, 3.8) is 0 Å². The Bertz CT molecular complexity index is 812. The second-order valence-electron chi connectivity index (χ2n) is 4.46. The van der Waals surface area contributed by atoms with Crippen LogP contribution in [0, 0.1) is 17.5 Å². The summed E-state index contributed by atoms with van der Waals surface area (Å²) < 4.78 is 41.6. The second kappa shape index (κ2) is 4.97. The molecule has 0 atom stereocenters. The van der Waals surface area contributed by atoms with Gasteiger partial charge in [-0.25, -0.2) is 17.9 Å². The Morgan fingerprint density at radius 2 is 1.76 bits per heavy atom. The fraction of sp³-hybridized carbons (Fsp3) is 0. The number of nitrogens with two attached hydrogens (primary N) is 1. The van der Waals surface area contributed by atoms with Crippen LogP contribution in [0.4, 0.5) is 18.9 Å². The Balaban J connectivity index is 2.12. The summed E-state index contributed by atoms with van der Waals surface area (Å²) in [6.07, 6.45) is 1.43. The van der Waals surface area contributed by atoms with Crippen molar-refractivity contribution >= 4 is 5.69 Å². The van der Waals surface area contributed by atoms with Crippen molar-refractivity contribution in [2.75, 3.05) is 5.73 Å². The third kappa shape index (κ3) is 2.35. The predicted octanol–water partition coefficient (Wildman–Crippen LogP) is 3.54. The van der Waals surface area contributed by atoms with Gasteiger partial charge in [0.15, 0.2) is 11.6 Å². The molecule has 0 fully saturated rings. The summed E-state index contributed by atoms with van der Waals surface area (Å²) in [5.74, 6) is -2.43. The molecule has 0 saturated heterocycles. The summed E-state index contributed by atoms with van der Waals surface area (Å²) in [4.78, 5) is 0. The quantitative estimate of drug-likeness (QED) is 0.784. The van der Waals surface area contributed by atoms with Gasteiger partial charge in [-0.05, 0) is 30.3 Å². The fourth-order valence-corrected chi connectivity index (χ4v) is 2.03. The standard InChI is InChI=1S/C15H10F3N3/c16-9-3-1-4-10(7-9)21-8-13(19)15(20-21)11-5-2-6-12(17)14(11)18/h1-8H,19H2. The molecule has 0 unspecified atom stereocenters. The maximum absolute atomic E-state index is 13.8. The van der Waals surface area contributed by atoms with Gasteiger partial charge in [0.05, 0.1) is 17.6 Å². The molecule has 0 amide bonds. The first-order valence-corrected chi connectivity index (χ1v) is 6.12. The van der Waals surface area contributed by atoms with Gasteiger partial charge in [-0.1, -0.05) is 12.1 Å². The normalized spacial score (nSPS) is 10.8. The van der Waals surface area contributed by atoms with E-state index in [0.29, 0.717) is 5.69 Å². The van der Waals surface area contributed by atoms with E-state index < -0.39 is 17.5 Å². The van der Waals surface area contributed by atoms with E-state index in [2.05, 4.69) is 5.10 Å². The van der Waals surface area contributed by atoms with Gasteiger partial charge in [0.1, 0.15) is 11.5 Å². The number of nitrogen functional groups attached to an aromatic ring is 1. The van der Waals surface area contributed by atoms with E-state index in [0.717, 1.165) is 6.07 Å². The van der Waals surface area contributed by atoms with Gasteiger partial charge >= 0.3 is 0 Å². The van der Waals surface area contributed by atoms with Gasteiger partial charge in [-0.15, -0.1) is 0 Å². The molecular weight excluding hydrogens is 279 g/mol. The van der Waals surface area contributed by atoms with Crippen LogP contribution < -0.4 is 5.73 Å². The van der Waals surface area contributed by atoms with Crippen LogP contribution in [0.25, 0.3) is 16.9 Å². The zero-order chi connectivity index (χ0) is 15.0. The Labute approximate surface area is 118 Å². The first kappa shape index (κ1) is 13.2. The summed E-state index contributed by atoms with van der Waals surface area (Å²) in [5, 5.41) is 4.11. The van der Waals surface area contributed by atoms with Crippen LogP contribution in [0.5, 0.6) is 0 Å². The van der Waals surface area contributed by atoms with E-state index in [-0.39, 0.29) is 16.9 Å². The summed E-state index contributed by atoms with van der Waals surface area (Å²) >= 11 is 0. The molecule has 0 aliphatic rings. The smallest absolute Gasteiger partial charge is 0.168 e. The van der Waals surface area contributed by atoms with Gasteiger partial charge in [0.25, 0.3) is 0 Å². The van der Waals surface area contributed by atoms with Crippen LogP contribution in [0.2, 0.25) is 0 Å². The minimum absolute atomic E-state index is 0.0392. The van der Waals surface area contributed by atoms with E-state index in [1.54, 1.807) is 6.07 Å². The molecule has 2 aromatic carbocycles. The molecule has 1 heterocycles. The molecular formula is C15H10F3N3. The molecule has 106 valence electrons. The Morgan fingerprint density at radius 3 is 2.52 bits per heavy atom. The van der Waals surface area contributed by atoms with Gasteiger partial charge in [0.2, 0.25) is 0 Å². The largest absolute Gasteiger partial charge is 0.396 e. The van der Waals surface area contributed by atoms with Crippen molar-refractivity contribution in [2.45, 2.75) is 0 Å². The van der Waals surface area contributed by atoms with Crippen molar-refractivity contribution in [3.8, 4) is 16.9 Å². The predicted molar refractivity (Wildman–Crippen MR) is 73.3 cm³/mol. The molecule has 1 aromatic heterocycles. The minimum atomic E-state index is -1.02. The van der Waals surface area contributed by atoms with Crippen LogP contribution >= 0.6 is 0 Å². The lowest BCUT2D eigenvalue weighted by Gasteiger charge is -2.02. The molecule has 2 N–H and O–H groups in total. The molecule has 21 heavy (non-hydrogen) atoms. The Morgan fingerprint density at radius 1 is 1.00 bits per heavy atom. The molecule has 3 nitrogen and oxygen atoms in total. The summed E-state index contributed by atoms with van der Waals surface area (Å²) in [5.41, 5.74) is 6.48. The molecule has 0 radical (unpaired) electrons. The van der Waals surface area contributed by atoms with Gasteiger partial charge in [-0.3, -0.25) is 0 Å². The molecule has 3 rings (SSSR count). The van der Waals surface area contributed by atoms with Crippen molar-refractivity contribution in [3.05, 3.63) is 66.1 Å². The average Bonchev–Trinajstić information content (AvgIpc) is 2.84. The monoisotopic (exact) mass is 289 g/mol. The fourth-order valence-electron chi connectivity index (χ4n) is 2.03. The number of anilines is 1. The zero-order valence-corrected chi connectivity index (χ0v) is 10.7. The number of halogens is 3. The number of aromatic nitrogens is 2. The number of benzene rings is 2. The lowest BCUT2D eigenvalue weighted by atomic mass is 10.1. The van der Waals surface area contributed by atoms with E-state index in [1.165, 1.54) is 41.2 Å². The highest BCUT2D eigenvalue weighted by molar-refractivity contribution is 5.73. The average molecular weight is 289 g/mol. The number of nitrogens with zero attached hydrogens (tertiary/aromatic N) is 2. The summed E-state index contributed by atoms with van der Waals surface area (Å²) in [7, 11) is 0. The zero-order valence-electron chi connectivity index (χ0n) is 10.7. The lowest BCUT2D eigenvalue weighted by Crippen LogP contribution is -1.96. The number of rotatable bonds is 2. The summed E-state index contributed by atoms with van der Waals surface area (Å²) in [6, 6.07) is 9.47. The van der Waals surface area contributed by atoms with Crippen molar-refractivity contribution in [1.82, 2.24) is 9.78 Å². The van der Waals surface area contributed by atoms with E-state index in [1.807, 2.05) is 0 Å². The summed E-state index contributed by atoms with van der Waals surface area (Å²) in [6.45, 7) is 0. The molecule has 0 bridgehead atoms. The van der Waals surface area contributed by atoms with Crippen LogP contribution in [0.3, 0.4) is 0 Å². The van der Waals surface area contributed by atoms with E-state index >= 15 is 0 Å². The maximum atomic E-state index is 13.8. The SMILES string of the molecule is Nc1cn(-c2cccc(F)c2)nc1-c1cccc(F)c1F. The molecule has 0 aliphatic carbocycles. The number of hydrogen-bond acceptors (Lipinski definition) is 2. The first-order valence-electron chi connectivity index (χ1n) is 6.12. The highest BCUT2D eigenvalue weighted by Gasteiger charge is 2.16. The van der Waals surface area contributed by atoms with Crippen LogP contribution in [0.1, 0.15) is 0 Å². The lowest BCUT2D eigenvalue weighted by molar-refractivity contribution is 0.511. The number of hydrogen-bond donors (Lipinski definition) is 1. The van der Waals surface area contributed by atoms with Crippen LogP contribution in [-0.4, -0.2) is 9.78 Å². The Kier molecular flexibility index (Phi) is 3.13. The topological polar surface area (TPSA) is 43.8 Å². The first-order chi connectivity index (χ1) is 10.1. The molecule has 0 aliphatic heterocycles. The highest BCUT2D eigenvalue weighted by atomic mass is 19.2. The molecule has 6 heteroatoms. The van der Waals surface area contributed by atoms with Crippen LogP contribution in [0.15, 0.2) is 48.7 Å². The van der Waals surface area contributed by atoms with Crippen LogP contribution in [-0.2, 0) is 0 Å². The molecule has 3 aromatic rings. The second-order valence-corrected chi connectivity index (χ2v) is 4.46. The highest BCUT2D eigenvalue weighted by Crippen LogP contribution is 2.28. The van der Waals surface area contributed by atoms with E-state index in [4.69, 9.17) is 5.73 Å². The van der Waals surface area contributed by atoms with Gasteiger partial charge < -0.3 is 5.73 Å².